The molecule has 0 saturated heterocycles. The second-order valence-corrected chi connectivity index (χ2v) is 5.67. The number of aliphatic hydroxyl groups is 1. The predicted octanol–water partition coefficient (Wildman–Crippen LogP) is 3.34. The number of furan rings is 1. The van der Waals surface area contributed by atoms with Crippen molar-refractivity contribution in [3.8, 4) is 5.75 Å². The number of carbonyl (C=O) groups excluding carboxylic acids is 1. The molecule has 0 unspecified atom stereocenters. The highest BCUT2D eigenvalue weighted by molar-refractivity contribution is 7.99. The summed E-state index contributed by atoms with van der Waals surface area (Å²) < 4.78 is 10.7. The van der Waals surface area contributed by atoms with E-state index in [-0.39, 0.29) is 11.6 Å². The van der Waals surface area contributed by atoms with Gasteiger partial charge in [-0.3, -0.25) is 9.89 Å². The van der Waals surface area contributed by atoms with E-state index >= 15 is 0 Å². The van der Waals surface area contributed by atoms with E-state index in [4.69, 9.17) is 9.15 Å². The molecule has 0 bridgehead atoms. The number of allylic oxidation sites excluding steroid dienone is 1. The summed E-state index contributed by atoms with van der Waals surface area (Å²) in [6.07, 6.45) is 3.69. The van der Waals surface area contributed by atoms with Crippen LogP contribution in [0.3, 0.4) is 0 Å². The molecular formula is C16H13N3O4S. The number of aromatic nitrogens is 3. The average Bonchev–Trinajstić information content (AvgIpc) is 3.27. The number of aliphatic hydroxyl groups excluding tert-OH is 1. The Balaban J connectivity index is 1.76. The van der Waals surface area contributed by atoms with Crippen molar-refractivity contribution < 1.29 is 19.1 Å². The molecule has 0 atom stereocenters. The molecule has 122 valence electrons. The Morgan fingerprint density at radius 3 is 3.00 bits per heavy atom. The van der Waals surface area contributed by atoms with Gasteiger partial charge in [0.2, 0.25) is 5.82 Å². The van der Waals surface area contributed by atoms with Gasteiger partial charge in [0.15, 0.2) is 16.6 Å². The van der Waals surface area contributed by atoms with E-state index < -0.39 is 5.78 Å². The van der Waals surface area contributed by atoms with Crippen LogP contribution in [0.1, 0.15) is 16.2 Å². The fourth-order valence-corrected chi connectivity index (χ4v) is 2.81. The summed E-state index contributed by atoms with van der Waals surface area (Å²) in [6, 6.07) is 9.09. The van der Waals surface area contributed by atoms with Crippen LogP contribution in [0.15, 0.2) is 63.4 Å². The lowest BCUT2D eigenvalue weighted by atomic mass is 10.2. The van der Waals surface area contributed by atoms with Crippen LogP contribution in [-0.2, 0) is 0 Å². The minimum Gasteiger partial charge on any atom is -0.504 e. The van der Waals surface area contributed by atoms with Crippen molar-refractivity contribution in [2.24, 2.45) is 0 Å². The molecule has 0 amide bonds. The molecule has 2 aromatic heterocycles. The Morgan fingerprint density at radius 2 is 2.25 bits per heavy atom. The van der Waals surface area contributed by atoms with E-state index in [1.807, 2.05) is 24.3 Å². The Morgan fingerprint density at radius 1 is 1.42 bits per heavy atom. The predicted molar refractivity (Wildman–Crippen MR) is 87.1 cm³/mol. The number of rotatable bonds is 6. The van der Waals surface area contributed by atoms with Crippen LogP contribution >= 0.6 is 11.8 Å². The number of nitrogens with zero attached hydrogens (tertiary/aromatic N) is 2. The van der Waals surface area contributed by atoms with Crippen molar-refractivity contribution in [1.29, 1.82) is 0 Å². The lowest BCUT2D eigenvalue weighted by molar-refractivity contribution is 0.104. The summed E-state index contributed by atoms with van der Waals surface area (Å²) in [7, 11) is 1.59. The number of nitrogens with one attached hydrogen (secondary N) is 1. The zero-order valence-electron chi connectivity index (χ0n) is 12.6. The topological polar surface area (TPSA) is 101 Å². The lowest BCUT2D eigenvalue weighted by Gasteiger charge is -2.04. The van der Waals surface area contributed by atoms with Gasteiger partial charge in [0.05, 0.1) is 17.6 Å². The number of carbonyl (C=O) groups is 1. The SMILES string of the molecule is COc1ccccc1Sc1cc(C(=O)C=C(O)c2nc[nH]n2)co1. The zero-order chi connectivity index (χ0) is 16.9. The molecule has 0 aliphatic rings. The van der Waals surface area contributed by atoms with Crippen molar-refractivity contribution in [2.45, 2.75) is 9.99 Å². The Labute approximate surface area is 141 Å². The van der Waals surface area contributed by atoms with Gasteiger partial charge in [-0.15, -0.1) is 0 Å². The number of ether oxygens (including phenoxy) is 1. The van der Waals surface area contributed by atoms with Crippen LogP contribution in [0, 0.1) is 0 Å². The molecule has 0 fully saturated rings. The van der Waals surface area contributed by atoms with Gasteiger partial charge in [-0.1, -0.05) is 12.1 Å². The van der Waals surface area contributed by atoms with Gasteiger partial charge in [0.25, 0.3) is 0 Å². The first kappa shape index (κ1) is 15.9. The van der Waals surface area contributed by atoms with Crippen LogP contribution in [0.25, 0.3) is 5.76 Å². The van der Waals surface area contributed by atoms with Crippen LogP contribution in [-0.4, -0.2) is 33.2 Å². The first-order valence-electron chi connectivity index (χ1n) is 6.88. The summed E-state index contributed by atoms with van der Waals surface area (Å²) in [5, 5.41) is 16.5. The zero-order valence-corrected chi connectivity index (χ0v) is 13.4. The first-order valence-corrected chi connectivity index (χ1v) is 7.69. The lowest BCUT2D eigenvalue weighted by Crippen LogP contribution is -1.95. The van der Waals surface area contributed by atoms with Crippen LogP contribution in [0.2, 0.25) is 0 Å². The molecule has 0 radical (unpaired) electrons. The number of aromatic amines is 1. The number of hydrogen-bond donors (Lipinski definition) is 2. The smallest absolute Gasteiger partial charge is 0.215 e. The highest BCUT2D eigenvalue weighted by Gasteiger charge is 2.13. The normalized spacial score (nSPS) is 11.5. The van der Waals surface area contributed by atoms with E-state index in [1.54, 1.807) is 13.2 Å². The number of methoxy groups -OCH3 is 1. The quantitative estimate of drug-likeness (QED) is 0.402. The third-order valence-electron chi connectivity index (χ3n) is 3.05. The van der Waals surface area contributed by atoms with Gasteiger partial charge in [-0.25, -0.2) is 4.98 Å². The Bertz CT molecular complexity index is 871. The van der Waals surface area contributed by atoms with Crippen LogP contribution in [0.4, 0.5) is 0 Å². The summed E-state index contributed by atoms with van der Waals surface area (Å²) >= 11 is 1.34. The van der Waals surface area contributed by atoms with Gasteiger partial charge >= 0.3 is 0 Å². The number of ketones is 1. The molecule has 0 aliphatic carbocycles. The molecule has 0 spiro atoms. The van der Waals surface area contributed by atoms with Crippen molar-refractivity contribution >= 4 is 23.3 Å². The molecule has 3 rings (SSSR count). The molecule has 2 heterocycles. The van der Waals surface area contributed by atoms with Gasteiger partial charge in [0, 0.05) is 12.1 Å². The van der Waals surface area contributed by atoms with E-state index in [2.05, 4.69) is 15.2 Å². The number of para-hydroxylation sites is 1. The van der Waals surface area contributed by atoms with Crippen molar-refractivity contribution in [3.63, 3.8) is 0 Å². The number of hydrogen-bond acceptors (Lipinski definition) is 7. The molecular weight excluding hydrogens is 330 g/mol. The molecule has 1 aromatic carbocycles. The third kappa shape index (κ3) is 3.49. The fraction of sp³-hybridized carbons (Fsp3) is 0.0625. The number of H-pyrrole nitrogens is 1. The first-order chi connectivity index (χ1) is 11.7. The molecule has 8 heteroatoms. The van der Waals surface area contributed by atoms with Crippen molar-refractivity contribution in [1.82, 2.24) is 15.2 Å². The molecule has 0 aliphatic heterocycles. The fourth-order valence-electron chi connectivity index (χ4n) is 1.92. The van der Waals surface area contributed by atoms with Gasteiger partial charge in [0.1, 0.15) is 18.3 Å². The highest BCUT2D eigenvalue weighted by atomic mass is 32.2. The van der Waals surface area contributed by atoms with E-state index in [9.17, 15) is 9.90 Å². The summed E-state index contributed by atoms with van der Waals surface area (Å²) in [4.78, 5) is 16.8. The van der Waals surface area contributed by atoms with Crippen molar-refractivity contribution in [3.05, 3.63) is 60.4 Å². The van der Waals surface area contributed by atoms with Gasteiger partial charge < -0.3 is 14.3 Å². The molecule has 0 saturated carbocycles. The molecule has 2 N–H and O–H groups in total. The maximum Gasteiger partial charge on any atom is 0.215 e. The molecule has 24 heavy (non-hydrogen) atoms. The summed E-state index contributed by atoms with van der Waals surface area (Å²) in [5.74, 6) is 0.0405. The van der Waals surface area contributed by atoms with E-state index in [0.29, 0.717) is 16.4 Å². The maximum absolute atomic E-state index is 12.1. The van der Waals surface area contributed by atoms with E-state index in [1.165, 1.54) is 24.4 Å². The molecule has 7 nitrogen and oxygen atoms in total. The van der Waals surface area contributed by atoms with E-state index in [0.717, 1.165) is 11.0 Å². The average molecular weight is 343 g/mol. The summed E-state index contributed by atoms with van der Waals surface area (Å²) in [5.41, 5.74) is 0.314. The number of benzene rings is 1. The monoisotopic (exact) mass is 343 g/mol. The maximum atomic E-state index is 12.1. The van der Waals surface area contributed by atoms with Crippen molar-refractivity contribution in [2.75, 3.05) is 7.11 Å². The highest BCUT2D eigenvalue weighted by Crippen LogP contribution is 2.35. The summed E-state index contributed by atoms with van der Waals surface area (Å²) in [6.45, 7) is 0. The van der Waals surface area contributed by atoms with Crippen LogP contribution in [0.5, 0.6) is 5.75 Å². The minimum atomic E-state index is -0.409. The van der Waals surface area contributed by atoms with Crippen LogP contribution < -0.4 is 4.74 Å². The second kappa shape index (κ2) is 7.05. The largest absolute Gasteiger partial charge is 0.504 e. The standard InChI is InChI=1S/C16H13N3O4S/c1-22-13-4-2-3-5-14(13)24-15-6-10(8-23-15)11(20)7-12(21)16-17-9-18-19-16/h2-9,21H,1H3,(H,17,18,19). The van der Waals surface area contributed by atoms with Gasteiger partial charge in [-0.05, 0) is 23.9 Å². The second-order valence-electron chi connectivity index (χ2n) is 4.62. The Kier molecular flexibility index (Phi) is 4.66. The molecule has 3 aromatic rings. The minimum absolute atomic E-state index is 0.0514. The van der Waals surface area contributed by atoms with Gasteiger partial charge in [-0.2, -0.15) is 5.10 Å². The third-order valence-corrected chi connectivity index (χ3v) is 4.02. The Hall–Kier alpha value is -3.00.